The van der Waals surface area contributed by atoms with E-state index in [9.17, 15) is 26.6 Å². The Morgan fingerprint density at radius 3 is 2.32 bits per heavy atom. The summed E-state index contributed by atoms with van der Waals surface area (Å²) in [5, 5.41) is 0. The lowest BCUT2D eigenvalue weighted by Gasteiger charge is -2.10. The minimum Gasteiger partial charge on any atom is -0.451 e. The average molecular weight is 518 g/mol. The van der Waals surface area contributed by atoms with Gasteiger partial charge in [-0.15, -0.1) is 0 Å². The van der Waals surface area contributed by atoms with E-state index in [0.717, 1.165) is 24.3 Å². The van der Waals surface area contributed by atoms with Crippen molar-refractivity contribution >= 4 is 36.2 Å². The van der Waals surface area contributed by atoms with Gasteiger partial charge in [-0.2, -0.15) is 4.99 Å². The molecule has 0 aliphatic rings. The zero-order valence-corrected chi connectivity index (χ0v) is 19.4. The molecule has 15 heteroatoms. The standard InChI is InChI=1S/C19H21F2N4O7PS/c1-11(18(26)25-19(22)23)8-12-9-15(20)17(16(21)10-12)32-13-2-4-14(5-3-13)34(29,30)24-6-7-31-33(27)28/h2-5,8-10,24,33H,6-7H2,1H3,(H,27,28)(H4,22,23,25,26)/b11-8+. The summed E-state index contributed by atoms with van der Waals surface area (Å²) >= 11 is 0. The first-order valence-corrected chi connectivity index (χ1v) is 12.1. The van der Waals surface area contributed by atoms with Crippen LogP contribution in [0.4, 0.5) is 8.78 Å². The molecular formula is C19H21F2N4O7PS. The van der Waals surface area contributed by atoms with E-state index in [2.05, 4.69) is 14.2 Å². The molecule has 0 bridgehead atoms. The monoisotopic (exact) mass is 518 g/mol. The number of amides is 1. The van der Waals surface area contributed by atoms with Crippen molar-refractivity contribution in [2.24, 2.45) is 16.5 Å². The minimum absolute atomic E-state index is 0.0157. The molecule has 184 valence electrons. The van der Waals surface area contributed by atoms with Gasteiger partial charge in [-0.1, -0.05) is 0 Å². The molecule has 0 heterocycles. The SMILES string of the molecule is C/C(=C\c1cc(F)c(Oc2ccc(S(=O)(=O)NCCO[PH](=O)O)cc2)c(F)c1)C(=O)N=C(N)N. The Bertz CT molecular complexity index is 1220. The van der Waals surface area contributed by atoms with Gasteiger partial charge in [0, 0.05) is 12.1 Å². The highest BCUT2D eigenvalue weighted by molar-refractivity contribution is 7.89. The lowest BCUT2D eigenvalue weighted by molar-refractivity contribution is -0.114. The molecule has 1 amide bonds. The molecule has 34 heavy (non-hydrogen) atoms. The highest BCUT2D eigenvalue weighted by Gasteiger charge is 2.16. The molecule has 1 unspecified atom stereocenters. The van der Waals surface area contributed by atoms with Crippen LogP contribution in [0.1, 0.15) is 12.5 Å². The molecule has 0 radical (unpaired) electrons. The molecule has 6 N–H and O–H groups in total. The Labute approximate surface area is 194 Å². The lowest BCUT2D eigenvalue weighted by atomic mass is 10.1. The second kappa shape index (κ2) is 11.8. The van der Waals surface area contributed by atoms with Crippen LogP contribution in [0.5, 0.6) is 11.5 Å². The Morgan fingerprint density at radius 1 is 1.21 bits per heavy atom. The van der Waals surface area contributed by atoms with Gasteiger partial charge in [-0.05, 0) is 55.0 Å². The van der Waals surface area contributed by atoms with Crippen molar-refractivity contribution in [1.29, 1.82) is 0 Å². The summed E-state index contributed by atoms with van der Waals surface area (Å²) in [5.74, 6) is -4.17. The number of aliphatic imine (C=N–C) groups is 1. The van der Waals surface area contributed by atoms with E-state index in [4.69, 9.17) is 21.1 Å². The lowest BCUT2D eigenvalue weighted by Crippen LogP contribution is -2.26. The topological polar surface area (TPSA) is 183 Å². The summed E-state index contributed by atoms with van der Waals surface area (Å²) in [6.07, 6.45) is 1.18. The number of nitrogens with two attached hydrogens (primary N) is 2. The third-order valence-electron chi connectivity index (χ3n) is 3.95. The van der Waals surface area contributed by atoms with Gasteiger partial charge in [0.15, 0.2) is 23.3 Å². The van der Waals surface area contributed by atoms with Crippen LogP contribution in [0.25, 0.3) is 6.08 Å². The summed E-state index contributed by atoms with van der Waals surface area (Å²) in [4.78, 5) is 23.4. The number of guanidine groups is 1. The smallest absolute Gasteiger partial charge is 0.316 e. The predicted octanol–water partition coefficient (Wildman–Crippen LogP) is 1.64. The van der Waals surface area contributed by atoms with E-state index in [0.29, 0.717) is 0 Å². The first-order valence-electron chi connectivity index (χ1n) is 9.33. The maximum absolute atomic E-state index is 14.5. The van der Waals surface area contributed by atoms with Gasteiger partial charge in [-0.3, -0.25) is 9.36 Å². The van der Waals surface area contributed by atoms with Gasteiger partial charge >= 0.3 is 8.25 Å². The van der Waals surface area contributed by atoms with E-state index >= 15 is 0 Å². The second-order valence-corrected chi connectivity index (χ2v) is 9.16. The van der Waals surface area contributed by atoms with Crippen molar-refractivity contribution in [2.45, 2.75) is 11.8 Å². The van der Waals surface area contributed by atoms with Gasteiger partial charge in [-0.25, -0.2) is 21.9 Å². The Balaban J connectivity index is 2.14. The second-order valence-electron chi connectivity index (χ2n) is 6.57. The minimum atomic E-state index is -3.96. The number of sulfonamides is 1. The first kappa shape index (κ1) is 27.1. The highest BCUT2D eigenvalue weighted by Crippen LogP contribution is 2.30. The Kier molecular flexibility index (Phi) is 9.41. The summed E-state index contributed by atoms with van der Waals surface area (Å²) < 4.78 is 75.5. The molecule has 1 atom stereocenters. The number of hydrogen-bond acceptors (Lipinski definition) is 6. The molecule has 0 aliphatic heterocycles. The van der Waals surface area contributed by atoms with Crippen LogP contribution in [0.2, 0.25) is 0 Å². The highest BCUT2D eigenvalue weighted by atomic mass is 32.2. The Hall–Kier alpha value is -3.16. The van der Waals surface area contributed by atoms with Gasteiger partial charge in [0.2, 0.25) is 10.0 Å². The van der Waals surface area contributed by atoms with Crippen molar-refractivity contribution in [3.8, 4) is 11.5 Å². The zero-order chi connectivity index (χ0) is 25.5. The van der Waals surface area contributed by atoms with Crippen LogP contribution in [0, 0.1) is 11.6 Å². The molecule has 0 saturated carbocycles. The van der Waals surface area contributed by atoms with E-state index in [-0.39, 0.29) is 34.9 Å². The third kappa shape index (κ3) is 8.01. The van der Waals surface area contributed by atoms with Crippen molar-refractivity contribution in [3.05, 3.63) is 59.2 Å². The number of carbonyl (C=O) groups excluding carboxylic acids is 1. The van der Waals surface area contributed by atoms with Gasteiger partial charge in [0.05, 0.1) is 11.5 Å². The Morgan fingerprint density at radius 2 is 1.79 bits per heavy atom. The van der Waals surface area contributed by atoms with Crippen molar-refractivity contribution in [2.75, 3.05) is 13.2 Å². The summed E-state index contributed by atoms with van der Waals surface area (Å²) in [5.41, 5.74) is 10.3. The number of benzene rings is 2. The summed E-state index contributed by atoms with van der Waals surface area (Å²) in [7, 11) is -7.13. The van der Waals surface area contributed by atoms with Crippen molar-refractivity contribution in [3.63, 3.8) is 0 Å². The van der Waals surface area contributed by atoms with Crippen LogP contribution >= 0.6 is 8.25 Å². The number of ether oxygens (including phenoxy) is 1. The summed E-state index contributed by atoms with van der Waals surface area (Å²) in [6, 6.07) is 6.50. The maximum atomic E-state index is 14.5. The van der Waals surface area contributed by atoms with Crippen molar-refractivity contribution < 1.29 is 40.7 Å². The number of nitrogens with one attached hydrogen (secondary N) is 1. The number of hydrogen-bond donors (Lipinski definition) is 4. The molecule has 11 nitrogen and oxygen atoms in total. The van der Waals surface area contributed by atoms with Crippen LogP contribution in [0.3, 0.4) is 0 Å². The van der Waals surface area contributed by atoms with E-state index in [1.807, 2.05) is 0 Å². The van der Waals surface area contributed by atoms with Crippen LogP contribution in [-0.2, 0) is 23.9 Å². The number of halogens is 2. The molecule has 0 fully saturated rings. The molecule has 2 aromatic rings. The quantitative estimate of drug-likeness (QED) is 0.119. The normalized spacial score (nSPS) is 12.8. The number of nitrogens with zero attached hydrogens (tertiary/aromatic N) is 1. The van der Waals surface area contributed by atoms with E-state index < -0.39 is 47.5 Å². The van der Waals surface area contributed by atoms with Crippen LogP contribution < -0.4 is 20.9 Å². The molecule has 0 aliphatic carbocycles. The molecule has 0 saturated heterocycles. The summed E-state index contributed by atoms with van der Waals surface area (Å²) in [6.45, 7) is 0.813. The predicted molar refractivity (Wildman–Crippen MR) is 120 cm³/mol. The van der Waals surface area contributed by atoms with Crippen molar-refractivity contribution in [1.82, 2.24) is 4.72 Å². The fourth-order valence-corrected chi connectivity index (χ4v) is 3.77. The molecule has 2 aromatic carbocycles. The largest absolute Gasteiger partial charge is 0.451 e. The van der Waals surface area contributed by atoms with Crippen LogP contribution in [-0.4, -0.2) is 38.3 Å². The molecule has 0 aromatic heterocycles. The maximum Gasteiger partial charge on any atom is 0.316 e. The fourth-order valence-electron chi connectivity index (χ4n) is 2.48. The number of rotatable bonds is 10. The van der Waals surface area contributed by atoms with Gasteiger partial charge in [0.1, 0.15) is 5.75 Å². The fraction of sp³-hybridized carbons (Fsp3) is 0.158. The van der Waals surface area contributed by atoms with Gasteiger partial charge in [0.25, 0.3) is 5.91 Å². The third-order valence-corrected chi connectivity index (χ3v) is 5.87. The first-order chi connectivity index (χ1) is 15.9. The molecular weight excluding hydrogens is 497 g/mol. The molecule has 2 rings (SSSR count). The van der Waals surface area contributed by atoms with Crippen LogP contribution in [0.15, 0.2) is 51.9 Å². The number of carbonyl (C=O) groups is 1. The average Bonchev–Trinajstić information content (AvgIpc) is 2.73. The van der Waals surface area contributed by atoms with E-state index in [1.54, 1.807) is 0 Å². The van der Waals surface area contributed by atoms with Gasteiger partial charge < -0.3 is 25.6 Å². The van der Waals surface area contributed by atoms with E-state index in [1.165, 1.54) is 25.1 Å². The zero-order valence-electron chi connectivity index (χ0n) is 17.6. The molecule has 0 spiro atoms.